The molecule has 11 heteroatoms. The summed E-state index contributed by atoms with van der Waals surface area (Å²) in [6.07, 6.45) is 4.25. The van der Waals surface area contributed by atoms with Crippen molar-refractivity contribution in [3.63, 3.8) is 0 Å². The van der Waals surface area contributed by atoms with Gasteiger partial charge in [-0.05, 0) is 32.1 Å². The van der Waals surface area contributed by atoms with E-state index >= 15 is 0 Å². The topological polar surface area (TPSA) is 201 Å². The number of carbonyl (C=O) groups excluding carboxylic acids is 5. The van der Waals surface area contributed by atoms with Crippen molar-refractivity contribution >= 4 is 29.8 Å². The molecule has 0 aliphatic heterocycles. The summed E-state index contributed by atoms with van der Waals surface area (Å²) in [5, 5.41) is 47.4. The van der Waals surface area contributed by atoms with Crippen molar-refractivity contribution in [1.29, 1.82) is 0 Å². The van der Waals surface area contributed by atoms with Crippen LogP contribution in [0.2, 0.25) is 0 Å². The van der Waals surface area contributed by atoms with Crippen LogP contribution in [0.15, 0.2) is 0 Å². The normalized spacial score (nSPS) is 7.90. The first-order valence-electron chi connectivity index (χ1n) is 9.84. The van der Waals surface area contributed by atoms with Gasteiger partial charge < -0.3 is 49.5 Å². The Morgan fingerprint density at radius 2 is 0.484 bits per heavy atom. The zero-order chi connectivity index (χ0) is 25.0. The summed E-state index contributed by atoms with van der Waals surface area (Å²) in [5.41, 5.74) is 0. The molecule has 0 atom stereocenters. The predicted molar refractivity (Wildman–Crippen MR) is 99.6 cm³/mol. The van der Waals surface area contributed by atoms with E-state index in [1.807, 2.05) is 0 Å². The van der Waals surface area contributed by atoms with E-state index in [0.717, 1.165) is 0 Å². The second kappa shape index (κ2) is 38.7. The minimum atomic E-state index is -0.961. The average Bonchev–Trinajstić information content (AvgIpc) is 2.56. The van der Waals surface area contributed by atoms with Crippen molar-refractivity contribution in [2.75, 3.05) is 0 Å². The fraction of sp³-hybridized carbons (Fsp3) is 0.750. The number of aliphatic carboxylic acids is 5. The Balaban J connectivity index is -0.0000000625. The van der Waals surface area contributed by atoms with E-state index in [9.17, 15) is 49.5 Å². The minimum absolute atomic E-state index is 0. The first-order valence-corrected chi connectivity index (χ1v) is 9.84. The van der Waals surface area contributed by atoms with E-state index < -0.39 is 29.8 Å². The molecule has 0 spiro atoms. The monoisotopic (exact) mass is 616 g/mol. The molecule has 0 aliphatic carbocycles. The molecule has 0 aromatic carbocycles. The molecule has 0 aromatic rings. The van der Waals surface area contributed by atoms with Crippen molar-refractivity contribution in [2.24, 2.45) is 0 Å². The number of hydrogen-bond acceptors (Lipinski definition) is 10. The standard InChI is InChI=1S/5C4H8O2.Ta/c5*1-2-3-4(5)6;/h5*2-3H2,1H3,(H,5,6);/q;;;;;+5/p-5. The van der Waals surface area contributed by atoms with E-state index in [0.29, 0.717) is 32.1 Å². The molecule has 0 radical (unpaired) electrons. The van der Waals surface area contributed by atoms with Gasteiger partial charge in [0.2, 0.25) is 0 Å². The Labute approximate surface area is 200 Å². The Bertz CT molecular complexity index is 347. The summed E-state index contributed by atoms with van der Waals surface area (Å²) in [6, 6.07) is 0. The van der Waals surface area contributed by atoms with Crippen LogP contribution >= 0.6 is 0 Å². The van der Waals surface area contributed by atoms with E-state index in [4.69, 9.17) is 0 Å². The van der Waals surface area contributed by atoms with Crippen LogP contribution in [0.3, 0.4) is 0 Å². The SMILES string of the molecule is CCCC(=O)[O-].CCCC(=O)[O-].CCCC(=O)[O-].CCCC(=O)[O-].CCCC(=O)[O-].[Ta+5]. The molecule has 0 rings (SSSR count). The summed E-state index contributed by atoms with van der Waals surface area (Å²) < 4.78 is 0. The van der Waals surface area contributed by atoms with Gasteiger partial charge in [-0.1, -0.05) is 66.7 Å². The van der Waals surface area contributed by atoms with Gasteiger partial charge in [-0.25, -0.2) is 0 Å². The second-order valence-corrected chi connectivity index (χ2v) is 5.61. The molecule has 0 bridgehead atoms. The van der Waals surface area contributed by atoms with Crippen LogP contribution in [0.1, 0.15) is 98.8 Å². The van der Waals surface area contributed by atoms with Gasteiger partial charge in [0, 0.05) is 29.8 Å². The summed E-state index contributed by atoms with van der Waals surface area (Å²) >= 11 is 0. The van der Waals surface area contributed by atoms with Crippen LogP contribution < -0.4 is 25.5 Å². The molecule has 0 amide bonds. The molecule has 0 saturated carbocycles. The zero-order valence-corrected chi connectivity index (χ0v) is 22.3. The third-order valence-electron chi connectivity index (χ3n) is 2.27. The van der Waals surface area contributed by atoms with Crippen molar-refractivity contribution in [2.45, 2.75) is 98.8 Å². The Morgan fingerprint density at radius 3 is 0.484 bits per heavy atom. The summed E-state index contributed by atoms with van der Waals surface area (Å²) in [6.45, 7) is 9.01. The van der Waals surface area contributed by atoms with Crippen LogP contribution in [-0.2, 0) is 46.4 Å². The summed E-state index contributed by atoms with van der Waals surface area (Å²) in [4.78, 5) is 47.4. The molecule has 0 saturated heterocycles. The van der Waals surface area contributed by atoms with E-state index in [1.165, 1.54) is 0 Å². The average molecular weight is 616 g/mol. The van der Waals surface area contributed by atoms with Crippen LogP contribution in [0, 0.1) is 0 Å². The predicted octanol–water partition coefficient (Wildman–Crippen LogP) is -2.32. The molecular formula is C20H35O10Ta. The van der Waals surface area contributed by atoms with Gasteiger partial charge in [-0.2, -0.15) is 0 Å². The van der Waals surface area contributed by atoms with Crippen LogP contribution in [0.5, 0.6) is 0 Å². The maximum absolute atomic E-state index is 9.49. The smallest absolute Gasteiger partial charge is 0.550 e. The third-order valence-corrected chi connectivity index (χ3v) is 2.27. The maximum atomic E-state index is 9.49. The van der Waals surface area contributed by atoms with E-state index in [2.05, 4.69) is 0 Å². The van der Waals surface area contributed by atoms with Gasteiger partial charge in [0.25, 0.3) is 0 Å². The van der Waals surface area contributed by atoms with Crippen molar-refractivity contribution < 1.29 is 71.9 Å². The largest absolute Gasteiger partial charge is 5.00 e. The molecule has 0 fully saturated rings. The Kier molecular flexibility index (Phi) is 53.7. The molecule has 0 aliphatic rings. The first-order chi connectivity index (χ1) is 13.9. The van der Waals surface area contributed by atoms with Gasteiger partial charge >= 0.3 is 22.4 Å². The molecule has 31 heavy (non-hydrogen) atoms. The number of carboxylic acids is 5. The van der Waals surface area contributed by atoms with Crippen LogP contribution in [0.25, 0.3) is 0 Å². The minimum Gasteiger partial charge on any atom is -0.550 e. The zero-order valence-electron chi connectivity index (χ0n) is 19.1. The summed E-state index contributed by atoms with van der Waals surface area (Å²) in [7, 11) is 0. The van der Waals surface area contributed by atoms with Gasteiger partial charge in [0.05, 0.1) is 0 Å². The van der Waals surface area contributed by atoms with Gasteiger partial charge in [0.15, 0.2) is 0 Å². The molecule has 180 valence electrons. The van der Waals surface area contributed by atoms with Crippen LogP contribution in [0.4, 0.5) is 0 Å². The molecule has 0 unspecified atom stereocenters. The molecular weight excluding hydrogens is 581 g/mol. The fourth-order valence-corrected chi connectivity index (χ4v) is 1.02. The number of carbonyl (C=O) groups is 5. The van der Waals surface area contributed by atoms with E-state index in [-0.39, 0.29) is 54.5 Å². The molecule has 0 N–H and O–H groups in total. The number of carboxylic acid groups (broad SMARTS) is 5. The second-order valence-electron chi connectivity index (χ2n) is 5.61. The Morgan fingerprint density at radius 1 is 0.387 bits per heavy atom. The molecule has 10 nitrogen and oxygen atoms in total. The molecule has 0 aromatic heterocycles. The molecule has 0 heterocycles. The first kappa shape index (κ1) is 43.1. The fourth-order valence-electron chi connectivity index (χ4n) is 1.02. The quantitative estimate of drug-likeness (QED) is 0.257. The summed E-state index contributed by atoms with van der Waals surface area (Å²) in [5.74, 6) is -4.80. The van der Waals surface area contributed by atoms with Gasteiger partial charge in [-0.15, -0.1) is 0 Å². The van der Waals surface area contributed by atoms with Crippen LogP contribution in [-0.4, -0.2) is 29.8 Å². The van der Waals surface area contributed by atoms with Crippen molar-refractivity contribution in [3.8, 4) is 0 Å². The number of rotatable bonds is 10. The third kappa shape index (κ3) is 112. The Hall–Kier alpha value is -1.91. The van der Waals surface area contributed by atoms with Crippen molar-refractivity contribution in [3.05, 3.63) is 0 Å². The number of hydrogen-bond donors (Lipinski definition) is 0. The van der Waals surface area contributed by atoms with Gasteiger partial charge in [0.1, 0.15) is 0 Å². The maximum Gasteiger partial charge on any atom is 5.00 e. The van der Waals surface area contributed by atoms with Gasteiger partial charge in [-0.3, -0.25) is 0 Å². The van der Waals surface area contributed by atoms with E-state index in [1.54, 1.807) is 34.6 Å². The van der Waals surface area contributed by atoms with Crippen molar-refractivity contribution in [1.82, 2.24) is 0 Å².